The summed E-state index contributed by atoms with van der Waals surface area (Å²) in [5, 5.41) is 3.26. The molecule has 0 aliphatic rings. The van der Waals surface area contributed by atoms with Crippen LogP contribution in [0.25, 0.3) is 0 Å². The van der Waals surface area contributed by atoms with Gasteiger partial charge < -0.3 is 10.1 Å². The van der Waals surface area contributed by atoms with Crippen molar-refractivity contribution in [3.05, 3.63) is 47.5 Å². The molecule has 0 saturated carbocycles. The van der Waals surface area contributed by atoms with Gasteiger partial charge in [0.05, 0.1) is 7.11 Å². The van der Waals surface area contributed by atoms with Crippen molar-refractivity contribution < 1.29 is 9.53 Å². The number of rotatable bonds is 7. The van der Waals surface area contributed by atoms with Crippen LogP contribution in [0, 0.1) is 0 Å². The summed E-state index contributed by atoms with van der Waals surface area (Å²) in [5.74, 6) is -0.207. The zero-order chi connectivity index (χ0) is 14.1. The maximum atomic E-state index is 11.7. The zero-order valence-electron chi connectivity index (χ0n) is 12.0. The zero-order valence-corrected chi connectivity index (χ0v) is 12.0. The van der Waals surface area contributed by atoms with Crippen molar-refractivity contribution >= 4 is 5.97 Å². The molecule has 0 aromatic heterocycles. The number of ether oxygens (including phenoxy) is 1. The molecule has 1 rings (SSSR count). The molecule has 0 heterocycles. The molecule has 1 atom stereocenters. The van der Waals surface area contributed by atoms with E-state index in [1.54, 1.807) is 0 Å². The van der Waals surface area contributed by atoms with Gasteiger partial charge in [0.2, 0.25) is 0 Å². The third-order valence-electron chi connectivity index (χ3n) is 2.86. The Morgan fingerprint density at radius 3 is 2.58 bits per heavy atom. The van der Waals surface area contributed by atoms with Crippen LogP contribution < -0.4 is 5.32 Å². The fourth-order valence-corrected chi connectivity index (χ4v) is 1.85. The van der Waals surface area contributed by atoms with Crippen molar-refractivity contribution in [1.29, 1.82) is 0 Å². The van der Waals surface area contributed by atoms with E-state index in [2.05, 4.69) is 25.2 Å². The van der Waals surface area contributed by atoms with E-state index in [0.717, 1.165) is 18.5 Å². The summed E-state index contributed by atoms with van der Waals surface area (Å²) in [4.78, 5) is 11.7. The fraction of sp³-hybridized carbons (Fsp3) is 0.438. The molecule has 19 heavy (non-hydrogen) atoms. The Labute approximate surface area is 115 Å². The molecular weight excluding hydrogens is 238 g/mol. The van der Waals surface area contributed by atoms with Crippen LogP contribution in [0.15, 0.2) is 42.0 Å². The van der Waals surface area contributed by atoms with Crippen LogP contribution in [0.1, 0.15) is 25.8 Å². The molecule has 0 bridgehead atoms. The molecule has 0 aliphatic heterocycles. The van der Waals surface area contributed by atoms with Gasteiger partial charge >= 0.3 is 5.97 Å². The molecular formula is C16H23NO2. The molecule has 104 valence electrons. The van der Waals surface area contributed by atoms with Crippen molar-refractivity contribution in [2.75, 3.05) is 13.7 Å². The topological polar surface area (TPSA) is 38.3 Å². The van der Waals surface area contributed by atoms with Crippen LogP contribution in [0.5, 0.6) is 0 Å². The summed E-state index contributed by atoms with van der Waals surface area (Å²) in [7, 11) is 1.43. The van der Waals surface area contributed by atoms with Crippen LogP contribution in [-0.4, -0.2) is 25.7 Å². The summed E-state index contributed by atoms with van der Waals surface area (Å²) in [5.41, 5.74) is 2.42. The standard InChI is InChI=1S/C16H23NO2/c1-13(2)8-7-11-17-15(16(18)19-3)12-14-9-5-4-6-10-14/h4-6,8-10,15,17H,7,11-12H2,1-3H3/t15-/m0/s1. The highest BCUT2D eigenvalue weighted by molar-refractivity contribution is 5.76. The Hall–Kier alpha value is -1.61. The van der Waals surface area contributed by atoms with Gasteiger partial charge in [0.25, 0.3) is 0 Å². The first-order valence-electron chi connectivity index (χ1n) is 6.62. The molecule has 3 nitrogen and oxygen atoms in total. The van der Waals surface area contributed by atoms with Crippen LogP contribution in [0.3, 0.4) is 0 Å². The second-order valence-corrected chi connectivity index (χ2v) is 4.79. The number of esters is 1. The summed E-state index contributed by atoms with van der Waals surface area (Å²) in [6.45, 7) is 4.92. The van der Waals surface area contributed by atoms with Crippen LogP contribution in [0.2, 0.25) is 0 Å². The number of carbonyl (C=O) groups is 1. The fourth-order valence-electron chi connectivity index (χ4n) is 1.85. The van der Waals surface area contributed by atoms with E-state index in [0.29, 0.717) is 6.42 Å². The van der Waals surface area contributed by atoms with Gasteiger partial charge in [0.15, 0.2) is 0 Å². The van der Waals surface area contributed by atoms with E-state index in [1.165, 1.54) is 12.7 Å². The molecule has 0 saturated heterocycles. The smallest absolute Gasteiger partial charge is 0.323 e. The van der Waals surface area contributed by atoms with Crippen molar-refractivity contribution in [3.8, 4) is 0 Å². The molecule has 0 spiro atoms. The minimum Gasteiger partial charge on any atom is -0.468 e. The predicted molar refractivity (Wildman–Crippen MR) is 78.0 cm³/mol. The van der Waals surface area contributed by atoms with Crippen LogP contribution in [0.4, 0.5) is 0 Å². The number of hydrogen-bond acceptors (Lipinski definition) is 3. The quantitative estimate of drug-likeness (QED) is 0.466. The Morgan fingerprint density at radius 1 is 1.32 bits per heavy atom. The van der Waals surface area contributed by atoms with Crippen molar-refractivity contribution in [2.45, 2.75) is 32.7 Å². The average molecular weight is 261 g/mol. The minimum atomic E-state index is -0.280. The molecule has 1 aromatic rings. The van der Waals surface area contributed by atoms with E-state index in [9.17, 15) is 4.79 Å². The molecule has 0 unspecified atom stereocenters. The monoisotopic (exact) mass is 261 g/mol. The lowest BCUT2D eigenvalue weighted by atomic mass is 10.1. The Bertz CT molecular complexity index is 408. The van der Waals surface area contributed by atoms with Crippen LogP contribution in [-0.2, 0) is 16.0 Å². The summed E-state index contributed by atoms with van der Waals surface area (Å²) < 4.78 is 4.85. The van der Waals surface area contributed by atoms with E-state index in [4.69, 9.17) is 4.74 Å². The minimum absolute atomic E-state index is 0.207. The lowest BCUT2D eigenvalue weighted by Gasteiger charge is -2.16. The number of methoxy groups -OCH3 is 1. The molecule has 0 amide bonds. The largest absolute Gasteiger partial charge is 0.468 e. The molecule has 3 heteroatoms. The third-order valence-corrected chi connectivity index (χ3v) is 2.86. The van der Waals surface area contributed by atoms with Gasteiger partial charge in [0.1, 0.15) is 6.04 Å². The van der Waals surface area contributed by atoms with Gasteiger partial charge in [-0.2, -0.15) is 0 Å². The number of nitrogens with one attached hydrogen (secondary N) is 1. The van der Waals surface area contributed by atoms with Gasteiger partial charge in [-0.15, -0.1) is 0 Å². The number of carbonyl (C=O) groups excluding carboxylic acids is 1. The number of allylic oxidation sites excluding steroid dienone is 1. The van der Waals surface area contributed by atoms with Gasteiger partial charge in [-0.3, -0.25) is 4.79 Å². The first kappa shape index (κ1) is 15.4. The first-order valence-corrected chi connectivity index (χ1v) is 6.62. The lowest BCUT2D eigenvalue weighted by Crippen LogP contribution is -2.39. The molecule has 0 fully saturated rings. The molecule has 0 radical (unpaired) electrons. The average Bonchev–Trinajstić information content (AvgIpc) is 2.42. The van der Waals surface area contributed by atoms with Crippen molar-refractivity contribution in [3.63, 3.8) is 0 Å². The highest BCUT2D eigenvalue weighted by Crippen LogP contribution is 2.04. The normalized spacial score (nSPS) is 11.7. The molecule has 1 N–H and O–H groups in total. The molecule has 0 aliphatic carbocycles. The van der Waals surface area contributed by atoms with Gasteiger partial charge in [-0.05, 0) is 38.8 Å². The van der Waals surface area contributed by atoms with E-state index in [-0.39, 0.29) is 12.0 Å². The van der Waals surface area contributed by atoms with Gasteiger partial charge in [-0.25, -0.2) is 0 Å². The second kappa shape index (κ2) is 8.48. The Morgan fingerprint density at radius 2 is 2.00 bits per heavy atom. The summed E-state index contributed by atoms with van der Waals surface area (Å²) in [6.07, 6.45) is 3.73. The first-order chi connectivity index (χ1) is 9.13. The van der Waals surface area contributed by atoms with Crippen LogP contribution >= 0.6 is 0 Å². The third kappa shape index (κ3) is 6.20. The van der Waals surface area contributed by atoms with Crippen molar-refractivity contribution in [1.82, 2.24) is 5.32 Å². The van der Waals surface area contributed by atoms with E-state index >= 15 is 0 Å². The van der Waals surface area contributed by atoms with Gasteiger partial charge in [0, 0.05) is 0 Å². The molecule has 1 aromatic carbocycles. The SMILES string of the molecule is COC(=O)[C@H](Cc1ccccc1)NCCC=C(C)C. The van der Waals surface area contributed by atoms with E-state index in [1.807, 2.05) is 30.3 Å². The Balaban J connectivity index is 2.53. The summed E-state index contributed by atoms with van der Waals surface area (Å²) >= 11 is 0. The maximum absolute atomic E-state index is 11.7. The predicted octanol–water partition coefficient (Wildman–Crippen LogP) is 2.72. The van der Waals surface area contributed by atoms with Gasteiger partial charge in [-0.1, -0.05) is 42.0 Å². The number of benzene rings is 1. The number of hydrogen-bond donors (Lipinski definition) is 1. The highest BCUT2D eigenvalue weighted by Gasteiger charge is 2.18. The van der Waals surface area contributed by atoms with E-state index < -0.39 is 0 Å². The second-order valence-electron chi connectivity index (χ2n) is 4.79. The lowest BCUT2D eigenvalue weighted by molar-refractivity contribution is -0.143. The summed E-state index contributed by atoms with van der Waals surface area (Å²) in [6, 6.07) is 9.69. The highest BCUT2D eigenvalue weighted by atomic mass is 16.5. The Kier molecular flexibility index (Phi) is 6.90. The van der Waals surface area contributed by atoms with Crippen molar-refractivity contribution in [2.24, 2.45) is 0 Å². The maximum Gasteiger partial charge on any atom is 0.323 e.